The van der Waals surface area contributed by atoms with E-state index in [-0.39, 0.29) is 12.5 Å². The summed E-state index contributed by atoms with van der Waals surface area (Å²) in [6.45, 7) is 2.39. The largest absolute Gasteiger partial charge is 0.396 e. The summed E-state index contributed by atoms with van der Waals surface area (Å²) in [5.41, 5.74) is 2.37. The average Bonchev–Trinajstić information content (AvgIpc) is 3.24. The zero-order valence-corrected chi connectivity index (χ0v) is 15.6. The van der Waals surface area contributed by atoms with E-state index in [2.05, 4.69) is 5.10 Å². The van der Waals surface area contributed by atoms with Gasteiger partial charge in [0.25, 0.3) is 5.91 Å². The van der Waals surface area contributed by atoms with Crippen LogP contribution >= 0.6 is 0 Å². The Labute approximate surface area is 159 Å². The van der Waals surface area contributed by atoms with Crippen LogP contribution in [0.2, 0.25) is 0 Å². The molecular formula is C21H27N3O3. The highest BCUT2D eigenvalue weighted by atomic mass is 16.5. The first-order valence-corrected chi connectivity index (χ1v) is 9.90. The third kappa shape index (κ3) is 4.22. The van der Waals surface area contributed by atoms with Gasteiger partial charge in [-0.2, -0.15) is 5.10 Å². The van der Waals surface area contributed by atoms with Crippen molar-refractivity contribution >= 4 is 5.91 Å². The smallest absolute Gasteiger partial charge is 0.274 e. The molecule has 0 radical (unpaired) electrons. The molecule has 1 saturated heterocycles. The predicted octanol–water partition coefficient (Wildman–Crippen LogP) is 2.44. The van der Waals surface area contributed by atoms with Crippen LogP contribution in [-0.4, -0.2) is 58.1 Å². The van der Waals surface area contributed by atoms with Crippen molar-refractivity contribution in [2.75, 3.05) is 26.4 Å². The van der Waals surface area contributed by atoms with Gasteiger partial charge in [0.2, 0.25) is 0 Å². The summed E-state index contributed by atoms with van der Waals surface area (Å²) in [6.07, 6.45) is 6.37. The SMILES string of the molecule is O=C(c1nn(-c2ccccc2)cc1CCCO)N(C[C@H]1CCOC1)C1CC1. The fraction of sp³-hybridized carbons (Fsp3) is 0.524. The number of hydrogen-bond acceptors (Lipinski definition) is 4. The van der Waals surface area contributed by atoms with Gasteiger partial charge in [0.05, 0.1) is 12.3 Å². The molecule has 27 heavy (non-hydrogen) atoms. The quantitative estimate of drug-likeness (QED) is 0.776. The van der Waals surface area contributed by atoms with Crippen molar-refractivity contribution in [3.63, 3.8) is 0 Å². The normalized spacial score (nSPS) is 19.4. The van der Waals surface area contributed by atoms with E-state index in [4.69, 9.17) is 4.74 Å². The summed E-state index contributed by atoms with van der Waals surface area (Å²) >= 11 is 0. The zero-order chi connectivity index (χ0) is 18.6. The summed E-state index contributed by atoms with van der Waals surface area (Å²) in [7, 11) is 0. The molecule has 1 amide bonds. The van der Waals surface area contributed by atoms with Gasteiger partial charge in [0.15, 0.2) is 5.69 Å². The number of aromatic nitrogens is 2. The summed E-state index contributed by atoms with van der Waals surface area (Å²) < 4.78 is 7.28. The standard InChI is InChI=1S/C21H27N3O3/c25-11-4-5-17-14-24(19-6-2-1-3-7-19)22-20(17)21(26)23(18-8-9-18)13-16-10-12-27-15-16/h1-3,6-7,14,16,18,25H,4-5,8-13,15H2/t16-/m1/s1. The Bertz CT molecular complexity index is 764. The number of amides is 1. The minimum atomic E-state index is 0.0204. The summed E-state index contributed by atoms with van der Waals surface area (Å²) in [5.74, 6) is 0.443. The number of aryl methyl sites for hydroxylation is 1. The van der Waals surface area contributed by atoms with Crippen molar-refractivity contribution < 1.29 is 14.6 Å². The van der Waals surface area contributed by atoms with E-state index < -0.39 is 0 Å². The summed E-state index contributed by atoms with van der Waals surface area (Å²) in [4.78, 5) is 15.4. The van der Waals surface area contributed by atoms with E-state index in [0.29, 0.717) is 30.5 Å². The molecule has 0 bridgehead atoms. The van der Waals surface area contributed by atoms with Crippen LogP contribution in [0.1, 0.15) is 41.7 Å². The molecular weight excluding hydrogens is 342 g/mol. The molecule has 1 saturated carbocycles. The maximum atomic E-state index is 13.4. The number of nitrogens with zero attached hydrogens (tertiary/aromatic N) is 3. The van der Waals surface area contributed by atoms with Crippen LogP contribution in [0, 0.1) is 5.92 Å². The van der Waals surface area contributed by atoms with E-state index >= 15 is 0 Å². The molecule has 1 aromatic heterocycles. The Balaban J connectivity index is 1.61. The van der Waals surface area contributed by atoms with Crippen molar-refractivity contribution in [3.8, 4) is 5.69 Å². The number of para-hydroxylation sites is 1. The monoisotopic (exact) mass is 369 g/mol. The zero-order valence-electron chi connectivity index (χ0n) is 15.6. The third-order valence-corrected chi connectivity index (χ3v) is 5.34. The average molecular weight is 369 g/mol. The van der Waals surface area contributed by atoms with Crippen LogP contribution in [0.25, 0.3) is 5.69 Å². The number of hydrogen-bond donors (Lipinski definition) is 1. The highest BCUT2D eigenvalue weighted by Gasteiger charge is 2.37. The van der Waals surface area contributed by atoms with Gasteiger partial charge in [-0.25, -0.2) is 4.68 Å². The Hall–Kier alpha value is -2.18. The van der Waals surface area contributed by atoms with Crippen LogP contribution < -0.4 is 0 Å². The first-order valence-electron chi connectivity index (χ1n) is 9.90. The Morgan fingerprint density at radius 3 is 2.74 bits per heavy atom. The lowest BCUT2D eigenvalue weighted by molar-refractivity contribution is 0.0698. The van der Waals surface area contributed by atoms with E-state index in [1.165, 1.54) is 0 Å². The lowest BCUT2D eigenvalue weighted by Gasteiger charge is -2.24. The van der Waals surface area contributed by atoms with E-state index in [0.717, 1.165) is 50.3 Å². The van der Waals surface area contributed by atoms with Gasteiger partial charge in [-0.1, -0.05) is 18.2 Å². The van der Waals surface area contributed by atoms with Crippen molar-refractivity contribution in [1.29, 1.82) is 0 Å². The number of aliphatic hydroxyl groups is 1. The fourth-order valence-electron chi connectivity index (χ4n) is 3.68. The molecule has 2 heterocycles. The van der Waals surface area contributed by atoms with Crippen molar-refractivity contribution in [2.24, 2.45) is 5.92 Å². The van der Waals surface area contributed by atoms with Crippen molar-refractivity contribution in [2.45, 2.75) is 38.1 Å². The van der Waals surface area contributed by atoms with Crippen LogP contribution in [0.15, 0.2) is 36.5 Å². The molecule has 0 unspecified atom stereocenters. The lowest BCUT2D eigenvalue weighted by Crippen LogP contribution is -2.38. The molecule has 4 rings (SSSR count). The van der Waals surface area contributed by atoms with Crippen molar-refractivity contribution in [1.82, 2.24) is 14.7 Å². The minimum Gasteiger partial charge on any atom is -0.396 e. The molecule has 1 aliphatic carbocycles. The van der Waals surface area contributed by atoms with E-state index in [1.54, 1.807) is 4.68 Å². The van der Waals surface area contributed by atoms with Crippen LogP contribution in [0.5, 0.6) is 0 Å². The highest BCUT2D eigenvalue weighted by Crippen LogP contribution is 2.31. The summed E-state index contributed by atoms with van der Waals surface area (Å²) in [6, 6.07) is 10.2. The van der Waals surface area contributed by atoms with Gasteiger partial charge in [-0.3, -0.25) is 4.79 Å². The van der Waals surface area contributed by atoms with Crippen molar-refractivity contribution in [3.05, 3.63) is 47.8 Å². The Morgan fingerprint density at radius 2 is 2.07 bits per heavy atom. The van der Waals surface area contributed by atoms with Crippen LogP contribution in [-0.2, 0) is 11.2 Å². The number of benzene rings is 1. The molecule has 0 spiro atoms. The molecule has 6 nitrogen and oxygen atoms in total. The molecule has 1 aliphatic heterocycles. The van der Waals surface area contributed by atoms with Gasteiger partial charge >= 0.3 is 0 Å². The van der Waals surface area contributed by atoms with Gasteiger partial charge in [-0.15, -0.1) is 0 Å². The molecule has 2 aliphatic rings. The van der Waals surface area contributed by atoms with Gasteiger partial charge in [0, 0.05) is 43.5 Å². The molecule has 1 atom stereocenters. The number of carbonyl (C=O) groups is 1. The maximum absolute atomic E-state index is 13.4. The maximum Gasteiger partial charge on any atom is 0.274 e. The first-order chi connectivity index (χ1) is 13.3. The predicted molar refractivity (Wildman–Crippen MR) is 102 cm³/mol. The molecule has 1 aromatic carbocycles. The first kappa shape index (κ1) is 18.2. The van der Waals surface area contributed by atoms with Gasteiger partial charge < -0.3 is 14.7 Å². The molecule has 144 valence electrons. The topological polar surface area (TPSA) is 67.6 Å². The Kier molecular flexibility index (Phi) is 5.55. The number of carbonyl (C=O) groups excluding carboxylic acids is 1. The molecule has 2 aromatic rings. The second kappa shape index (κ2) is 8.23. The molecule has 2 fully saturated rings. The minimum absolute atomic E-state index is 0.0204. The highest BCUT2D eigenvalue weighted by molar-refractivity contribution is 5.94. The molecule has 6 heteroatoms. The van der Waals surface area contributed by atoms with Gasteiger partial charge in [0.1, 0.15) is 0 Å². The third-order valence-electron chi connectivity index (χ3n) is 5.34. The second-order valence-corrected chi connectivity index (χ2v) is 7.53. The lowest BCUT2D eigenvalue weighted by atomic mass is 10.1. The summed E-state index contributed by atoms with van der Waals surface area (Å²) in [5, 5.41) is 13.9. The van der Waals surface area contributed by atoms with Crippen LogP contribution in [0.3, 0.4) is 0 Å². The number of rotatable bonds is 8. The Morgan fingerprint density at radius 1 is 1.26 bits per heavy atom. The fourth-order valence-corrected chi connectivity index (χ4v) is 3.68. The van der Waals surface area contributed by atoms with Gasteiger partial charge in [-0.05, 0) is 44.2 Å². The van der Waals surface area contributed by atoms with E-state index in [9.17, 15) is 9.90 Å². The molecule has 1 N–H and O–H groups in total. The van der Waals surface area contributed by atoms with Crippen LogP contribution in [0.4, 0.5) is 0 Å². The number of aliphatic hydroxyl groups excluding tert-OH is 1. The number of ether oxygens (including phenoxy) is 1. The van der Waals surface area contributed by atoms with E-state index in [1.807, 2.05) is 41.4 Å². The second-order valence-electron chi connectivity index (χ2n) is 7.53.